The van der Waals surface area contributed by atoms with Crippen LogP contribution in [0.2, 0.25) is 0 Å². The molecule has 92 valence electrons. The molecule has 18 heavy (non-hydrogen) atoms. The molecule has 1 heterocycles. The molecule has 0 fully saturated rings. The summed E-state index contributed by atoms with van der Waals surface area (Å²) < 4.78 is 0. The van der Waals surface area contributed by atoms with E-state index in [1.807, 2.05) is 30.3 Å². The molecule has 1 aromatic heterocycles. The van der Waals surface area contributed by atoms with Crippen molar-refractivity contribution in [3.05, 3.63) is 53.7 Å². The number of rotatable bonds is 2. The molecular weight excluding hydrogens is 222 g/mol. The van der Waals surface area contributed by atoms with Crippen molar-refractivity contribution in [3.8, 4) is 11.3 Å². The largest absolute Gasteiger partial charge is 0.298 e. The van der Waals surface area contributed by atoms with Crippen molar-refractivity contribution in [3.63, 3.8) is 0 Å². The van der Waals surface area contributed by atoms with Gasteiger partial charge in [-0.1, -0.05) is 39.0 Å². The number of aldehydes is 1. The van der Waals surface area contributed by atoms with Crippen LogP contribution in [0.5, 0.6) is 0 Å². The number of carbonyl (C=O) groups excluding carboxylic acids is 1. The smallest absolute Gasteiger partial charge is 0.150 e. The lowest BCUT2D eigenvalue weighted by Crippen LogP contribution is -2.14. The number of hydrogen-bond acceptors (Lipinski definition) is 2. The molecule has 0 bridgehead atoms. The summed E-state index contributed by atoms with van der Waals surface area (Å²) in [6, 6.07) is 11.7. The number of carbonyl (C=O) groups is 1. The molecule has 2 nitrogen and oxygen atoms in total. The van der Waals surface area contributed by atoms with Crippen molar-refractivity contribution in [2.24, 2.45) is 0 Å². The zero-order valence-electron chi connectivity index (χ0n) is 11.0. The van der Waals surface area contributed by atoms with Gasteiger partial charge in [0.05, 0.1) is 5.69 Å². The van der Waals surface area contributed by atoms with Crippen LogP contribution in [-0.4, -0.2) is 11.3 Å². The highest BCUT2D eigenvalue weighted by molar-refractivity contribution is 5.80. The van der Waals surface area contributed by atoms with Crippen molar-refractivity contribution in [2.75, 3.05) is 0 Å². The van der Waals surface area contributed by atoms with Gasteiger partial charge in [0.25, 0.3) is 0 Å². The fourth-order valence-electron chi connectivity index (χ4n) is 2.00. The molecule has 0 spiro atoms. The second-order valence-corrected chi connectivity index (χ2v) is 5.38. The fourth-order valence-corrected chi connectivity index (χ4v) is 2.00. The van der Waals surface area contributed by atoms with Gasteiger partial charge >= 0.3 is 0 Å². The van der Waals surface area contributed by atoms with Crippen molar-refractivity contribution in [1.82, 2.24) is 4.98 Å². The zero-order chi connectivity index (χ0) is 13.2. The van der Waals surface area contributed by atoms with Crippen LogP contribution in [0.1, 0.15) is 36.7 Å². The molecule has 0 radical (unpaired) electrons. The second kappa shape index (κ2) is 4.73. The summed E-state index contributed by atoms with van der Waals surface area (Å²) in [5.74, 6) is 0. The van der Waals surface area contributed by atoms with Crippen LogP contribution in [0.3, 0.4) is 0 Å². The van der Waals surface area contributed by atoms with Crippen molar-refractivity contribution in [1.29, 1.82) is 0 Å². The molecule has 2 heteroatoms. The average Bonchev–Trinajstić information content (AvgIpc) is 2.38. The molecule has 2 aromatic rings. The molecule has 0 N–H and O–H groups in total. The Kier molecular flexibility index (Phi) is 3.28. The first-order valence-corrected chi connectivity index (χ1v) is 6.03. The molecule has 0 unspecified atom stereocenters. The van der Waals surface area contributed by atoms with Crippen molar-refractivity contribution < 1.29 is 4.79 Å². The molecule has 0 amide bonds. The Morgan fingerprint density at radius 1 is 1.11 bits per heavy atom. The third-order valence-corrected chi connectivity index (χ3v) is 2.95. The van der Waals surface area contributed by atoms with Crippen molar-refractivity contribution in [2.45, 2.75) is 26.2 Å². The maximum absolute atomic E-state index is 11.1. The molecular formula is C16H17NO. The summed E-state index contributed by atoms with van der Waals surface area (Å²) in [5.41, 5.74) is 3.73. The van der Waals surface area contributed by atoms with Crippen LogP contribution in [0, 0.1) is 0 Å². The first kappa shape index (κ1) is 12.5. The minimum Gasteiger partial charge on any atom is -0.298 e. The third kappa shape index (κ3) is 2.48. The van der Waals surface area contributed by atoms with Gasteiger partial charge in [-0.15, -0.1) is 0 Å². The Hall–Kier alpha value is -1.96. The number of benzene rings is 1. The van der Waals surface area contributed by atoms with E-state index < -0.39 is 0 Å². The highest BCUT2D eigenvalue weighted by atomic mass is 16.1. The molecule has 0 atom stereocenters. The van der Waals surface area contributed by atoms with Crippen LogP contribution in [-0.2, 0) is 5.41 Å². The van der Waals surface area contributed by atoms with E-state index in [0.717, 1.165) is 28.7 Å². The van der Waals surface area contributed by atoms with E-state index in [1.54, 1.807) is 6.20 Å². The van der Waals surface area contributed by atoms with Crippen LogP contribution in [0.15, 0.2) is 42.6 Å². The third-order valence-electron chi connectivity index (χ3n) is 2.95. The molecule has 0 saturated heterocycles. The summed E-state index contributed by atoms with van der Waals surface area (Å²) in [6.07, 6.45) is 2.70. The predicted octanol–water partition coefficient (Wildman–Crippen LogP) is 3.86. The van der Waals surface area contributed by atoms with Crippen molar-refractivity contribution >= 4 is 6.29 Å². The molecule has 0 aliphatic rings. The summed E-state index contributed by atoms with van der Waals surface area (Å²) in [7, 11) is 0. The monoisotopic (exact) mass is 239 g/mol. The summed E-state index contributed by atoms with van der Waals surface area (Å²) >= 11 is 0. The molecule has 2 rings (SSSR count). The lowest BCUT2D eigenvalue weighted by atomic mass is 9.83. The normalized spacial score (nSPS) is 11.3. The van der Waals surface area contributed by atoms with Gasteiger partial charge in [0.15, 0.2) is 0 Å². The number of aromatic nitrogens is 1. The van der Waals surface area contributed by atoms with Crippen LogP contribution >= 0.6 is 0 Å². The van der Waals surface area contributed by atoms with E-state index >= 15 is 0 Å². The van der Waals surface area contributed by atoms with Gasteiger partial charge in [-0.25, -0.2) is 0 Å². The lowest BCUT2D eigenvalue weighted by Gasteiger charge is -2.21. The summed E-state index contributed by atoms with van der Waals surface area (Å²) in [4.78, 5) is 15.4. The summed E-state index contributed by atoms with van der Waals surface area (Å²) in [6.45, 7) is 6.33. The number of hydrogen-bond donors (Lipinski definition) is 0. The van der Waals surface area contributed by atoms with E-state index in [-0.39, 0.29) is 5.41 Å². The topological polar surface area (TPSA) is 30.0 Å². The maximum Gasteiger partial charge on any atom is 0.150 e. The standard InChI is InChI=1S/C16H17NO/c1-16(2,3)14-10-12(7-8-13(14)11-18)15-6-4-5-9-17-15/h4-11H,1-3H3. The Balaban J connectivity index is 2.57. The van der Waals surface area contributed by atoms with Gasteiger partial charge in [-0.05, 0) is 29.2 Å². The van der Waals surface area contributed by atoms with E-state index in [0.29, 0.717) is 0 Å². The number of nitrogens with zero attached hydrogens (tertiary/aromatic N) is 1. The molecule has 0 aliphatic carbocycles. The Morgan fingerprint density at radius 3 is 2.44 bits per heavy atom. The van der Waals surface area contributed by atoms with Gasteiger partial charge in [-0.2, -0.15) is 0 Å². The first-order valence-electron chi connectivity index (χ1n) is 6.03. The highest BCUT2D eigenvalue weighted by Crippen LogP contribution is 2.29. The maximum atomic E-state index is 11.1. The second-order valence-electron chi connectivity index (χ2n) is 5.38. The first-order chi connectivity index (χ1) is 8.52. The van der Waals surface area contributed by atoms with Gasteiger partial charge in [-0.3, -0.25) is 9.78 Å². The Morgan fingerprint density at radius 2 is 1.89 bits per heavy atom. The van der Waals surface area contributed by atoms with Gasteiger partial charge in [0.2, 0.25) is 0 Å². The van der Waals surface area contributed by atoms with Gasteiger partial charge in [0, 0.05) is 17.3 Å². The summed E-state index contributed by atoms with van der Waals surface area (Å²) in [5, 5.41) is 0. The number of pyridine rings is 1. The Bertz CT molecular complexity index is 553. The minimum atomic E-state index is -0.0545. The van der Waals surface area contributed by atoms with Gasteiger partial charge < -0.3 is 0 Å². The molecule has 0 aliphatic heterocycles. The lowest BCUT2D eigenvalue weighted by molar-refractivity contribution is 0.112. The van der Waals surface area contributed by atoms with Crippen LogP contribution in [0.4, 0.5) is 0 Å². The van der Waals surface area contributed by atoms with Crippen LogP contribution in [0.25, 0.3) is 11.3 Å². The van der Waals surface area contributed by atoms with Crippen LogP contribution < -0.4 is 0 Å². The van der Waals surface area contributed by atoms with E-state index in [9.17, 15) is 4.79 Å². The van der Waals surface area contributed by atoms with E-state index in [4.69, 9.17) is 0 Å². The SMILES string of the molecule is CC(C)(C)c1cc(-c2ccccn2)ccc1C=O. The quantitative estimate of drug-likeness (QED) is 0.745. The Labute approximate surface area is 108 Å². The molecule has 0 saturated carbocycles. The zero-order valence-corrected chi connectivity index (χ0v) is 11.0. The highest BCUT2D eigenvalue weighted by Gasteiger charge is 2.18. The minimum absolute atomic E-state index is 0.0545. The fraction of sp³-hybridized carbons (Fsp3) is 0.250. The molecule has 1 aromatic carbocycles. The van der Waals surface area contributed by atoms with E-state index in [1.165, 1.54) is 0 Å². The van der Waals surface area contributed by atoms with Gasteiger partial charge in [0.1, 0.15) is 6.29 Å². The average molecular weight is 239 g/mol. The predicted molar refractivity (Wildman–Crippen MR) is 73.8 cm³/mol. The van der Waals surface area contributed by atoms with E-state index in [2.05, 4.69) is 31.8 Å².